The maximum atomic E-state index is 11.8. The van der Waals surface area contributed by atoms with Gasteiger partial charge in [-0.05, 0) is 17.0 Å². The third kappa shape index (κ3) is 5.30. The Kier molecular flexibility index (Phi) is 5.11. The third-order valence-corrected chi connectivity index (χ3v) is 3.62. The van der Waals surface area contributed by atoms with Gasteiger partial charge in [-0.3, -0.25) is 0 Å². The molecular weight excluding hydrogens is 236 g/mol. The average Bonchev–Trinajstić information content (AvgIpc) is 2.26. The molecule has 0 aliphatic rings. The van der Waals surface area contributed by atoms with E-state index in [-0.39, 0.29) is 5.75 Å². The van der Waals surface area contributed by atoms with Crippen molar-refractivity contribution in [2.24, 2.45) is 11.7 Å². The minimum absolute atomic E-state index is 0.00750. The highest BCUT2D eigenvalue weighted by Crippen LogP contribution is 2.08. The number of nitrogens with one attached hydrogen (secondary N) is 1. The zero-order chi connectivity index (χ0) is 12.9. The summed E-state index contributed by atoms with van der Waals surface area (Å²) in [6, 6.07) is 7.34. The Balaban J connectivity index is 2.69. The molecular formula is C12H20N2O2S. The van der Waals surface area contributed by atoms with Gasteiger partial charge in [-0.25, -0.2) is 13.1 Å². The largest absolute Gasteiger partial charge is 0.326 e. The van der Waals surface area contributed by atoms with Crippen molar-refractivity contribution in [2.75, 3.05) is 6.54 Å². The first-order chi connectivity index (χ1) is 7.93. The molecule has 0 saturated carbocycles. The number of rotatable bonds is 6. The van der Waals surface area contributed by atoms with Crippen LogP contribution in [-0.4, -0.2) is 15.0 Å². The maximum Gasteiger partial charge on any atom is 0.215 e. The zero-order valence-electron chi connectivity index (χ0n) is 10.3. The van der Waals surface area contributed by atoms with Crippen LogP contribution in [0.4, 0.5) is 0 Å². The van der Waals surface area contributed by atoms with Crippen molar-refractivity contribution in [1.29, 1.82) is 0 Å². The SMILES string of the molecule is CC(C)CNS(=O)(=O)Cc1cccc(CN)c1. The van der Waals surface area contributed by atoms with E-state index in [1.807, 2.05) is 32.0 Å². The maximum absolute atomic E-state index is 11.8. The molecule has 0 aliphatic carbocycles. The fraction of sp³-hybridized carbons (Fsp3) is 0.500. The van der Waals surface area contributed by atoms with Gasteiger partial charge in [0.25, 0.3) is 0 Å². The van der Waals surface area contributed by atoms with Crippen molar-refractivity contribution < 1.29 is 8.42 Å². The summed E-state index contributed by atoms with van der Waals surface area (Å²) >= 11 is 0. The van der Waals surface area contributed by atoms with Gasteiger partial charge in [0.2, 0.25) is 10.0 Å². The smallest absolute Gasteiger partial charge is 0.215 e. The van der Waals surface area contributed by atoms with Crippen LogP contribution in [0.1, 0.15) is 25.0 Å². The van der Waals surface area contributed by atoms with Crippen LogP contribution in [-0.2, 0) is 22.3 Å². The summed E-state index contributed by atoms with van der Waals surface area (Å²) in [5.41, 5.74) is 7.23. The molecule has 0 unspecified atom stereocenters. The molecule has 0 bridgehead atoms. The van der Waals surface area contributed by atoms with E-state index in [9.17, 15) is 8.42 Å². The lowest BCUT2D eigenvalue weighted by Crippen LogP contribution is -2.28. The summed E-state index contributed by atoms with van der Waals surface area (Å²) in [6.45, 7) is 4.83. The molecule has 0 atom stereocenters. The molecule has 96 valence electrons. The molecule has 1 aromatic rings. The number of hydrogen-bond acceptors (Lipinski definition) is 3. The zero-order valence-corrected chi connectivity index (χ0v) is 11.1. The highest BCUT2D eigenvalue weighted by molar-refractivity contribution is 7.88. The molecule has 3 N–H and O–H groups in total. The van der Waals surface area contributed by atoms with Crippen LogP contribution < -0.4 is 10.5 Å². The van der Waals surface area contributed by atoms with Crippen LogP contribution in [0, 0.1) is 5.92 Å². The highest BCUT2D eigenvalue weighted by atomic mass is 32.2. The van der Waals surface area contributed by atoms with Gasteiger partial charge < -0.3 is 5.73 Å². The van der Waals surface area contributed by atoms with E-state index in [1.165, 1.54) is 0 Å². The van der Waals surface area contributed by atoms with Gasteiger partial charge in [-0.15, -0.1) is 0 Å². The molecule has 0 saturated heterocycles. The number of benzene rings is 1. The predicted molar refractivity (Wildman–Crippen MR) is 69.8 cm³/mol. The molecule has 4 nitrogen and oxygen atoms in total. The molecule has 0 aromatic heterocycles. The normalized spacial score (nSPS) is 12.0. The van der Waals surface area contributed by atoms with Crippen LogP contribution in [0.5, 0.6) is 0 Å². The summed E-state index contributed by atoms with van der Waals surface area (Å²) in [4.78, 5) is 0. The van der Waals surface area contributed by atoms with E-state index in [4.69, 9.17) is 5.73 Å². The fourth-order valence-corrected chi connectivity index (χ4v) is 2.72. The second-order valence-electron chi connectivity index (χ2n) is 4.53. The minimum atomic E-state index is -3.25. The highest BCUT2D eigenvalue weighted by Gasteiger charge is 2.11. The Labute approximate surface area is 103 Å². The van der Waals surface area contributed by atoms with Gasteiger partial charge in [0.1, 0.15) is 0 Å². The van der Waals surface area contributed by atoms with Gasteiger partial charge in [0, 0.05) is 13.1 Å². The molecule has 1 aromatic carbocycles. The van der Waals surface area contributed by atoms with Crippen LogP contribution >= 0.6 is 0 Å². The van der Waals surface area contributed by atoms with E-state index in [0.717, 1.165) is 11.1 Å². The molecule has 0 amide bonds. The molecule has 1 rings (SSSR count). The summed E-state index contributed by atoms with van der Waals surface area (Å²) in [5.74, 6) is 0.313. The van der Waals surface area contributed by atoms with Gasteiger partial charge in [0.05, 0.1) is 5.75 Å². The third-order valence-electron chi connectivity index (χ3n) is 2.30. The van der Waals surface area contributed by atoms with Crippen LogP contribution in [0.25, 0.3) is 0 Å². The number of hydrogen-bond donors (Lipinski definition) is 2. The van der Waals surface area contributed by atoms with Crippen LogP contribution in [0.15, 0.2) is 24.3 Å². The Hall–Kier alpha value is -0.910. The first-order valence-corrected chi connectivity index (χ1v) is 7.33. The lowest BCUT2D eigenvalue weighted by atomic mass is 10.1. The quantitative estimate of drug-likeness (QED) is 0.804. The summed E-state index contributed by atoms with van der Waals surface area (Å²) in [6.07, 6.45) is 0. The molecule has 0 radical (unpaired) electrons. The van der Waals surface area contributed by atoms with Crippen LogP contribution in [0.3, 0.4) is 0 Å². The Bertz CT molecular complexity index is 455. The van der Waals surface area contributed by atoms with Crippen molar-refractivity contribution >= 4 is 10.0 Å². The minimum Gasteiger partial charge on any atom is -0.326 e. The molecule has 5 heteroatoms. The molecule has 17 heavy (non-hydrogen) atoms. The molecule has 0 spiro atoms. The van der Waals surface area contributed by atoms with Crippen molar-refractivity contribution in [2.45, 2.75) is 26.1 Å². The lowest BCUT2D eigenvalue weighted by molar-refractivity contribution is 0.559. The second kappa shape index (κ2) is 6.14. The van der Waals surface area contributed by atoms with Gasteiger partial charge in [-0.2, -0.15) is 0 Å². The molecule has 0 aliphatic heterocycles. The summed E-state index contributed by atoms with van der Waals surface area (Å²) < 4.78 is 26.1. The van der Waals surface area contributed by atoms with Gasteiger partial charge in [-0.1, -0.05) is 38.1 Å². The Morgan fingerprint density at radius 2 is 1.94 bits per heavy atom. The number of sulfonamides is 1. The van der Waals surface area contributed by atoms with E-state index >= 15 is 0 Å². The van der Waals surface area contributed by atoms with E-state index in [0.29, 0.717) is 19.0 Å². The predicted octanol–water partition coefficient (Wildman–Crippen LogP) is 1.22. The van der Waals surface area contributed by atoms with Crippen LogP contribution in [0.2, 0.25) is 0 Å². The van der Waals surface area contributed by atoms with E-state index < -0.39 is 10.0 Å². The first-order valence-electron chi connectivity index (χ1n) is 5.68. The van der Waals surface area contributed by atoms with E-state index in [1.54, 1.807) is 6.07 Å². The Morgan fingerprint density at radius 3 is 2.53 bits per heavy atom. The van der Waals surface area contributed by atoms with Gasteiger partial charge in [0.15, 0.2) is 0 Å². The van der Waals surface area contributed by atoms with Crippen molar-refractivity contribution in [3.8, 4) is 0 Å². The van der Waals surface area contributed by atoms with Gasteiger partial charge >= 0.3 is 0 Å². The molecule has 0 fully saturated rings. The fourth-order valence-electron chi connectivity index (χ4n) is 1.41. The van der Waals surface area contributed by atoms with E-state index in [2.05, 4.69) is 4.72 Å². The lowest BCUT2D eigenvalue weighted by Gasteiger charge is -2.09. The summed E-state index contributed by atoms with van der Waals surface area (Å²) in [5, 5.41) is 0. The second-order valence-corrected chi connectivity index (χ2v) is 6.33. The average molecular weight is 256 g/mol. The standard InChI is InChI=1S/C12H20N2O2S/c1-10(2)8-14-17(15,16)9-12-5-3-4-11(6-12)7-13/h3-6,10,14H,7-9,13H2,1-2H3. The van der Waals surface area contributed by atoms with Crippen molar-refractivity contribution in [3.05, 3.63) is 35.4 Å². The number of nitrogens with two attached hydrogens (primary N) is 1. The van der Waals surface area contributed by atoms with Crippen molar-refractivity contribution in [3.63, 3.8) is 0 Å². The summed E-state index contributed by atoms with van der Waals surface area (Å²) in [7, 11) is -3.25. The Morgan fingerprint density at radius 1 is 1.29 bits per heavy atom. The first kappa shape index (κ1) is 14.2. The topological polar surface area (TPSA) is 72.2 Å². The molecule has 0 heterocycles. The monoisotopic (exact) mass is 256 g/mol. The van der Waals surface area contributed by atoms with Crippen molar-refractivity contribution in [1.82, 2.24) is 4.72 Å².